The summed E-state index contributed by atoms with van der Waals surface area (Å²) < 4.78 is 8.22. The molecule has 3 atom stereocenters. The van der Waals surface area contributed by atoms with Gasteiger partial charge in [0, 0.05) is 44.1 Å². The Kier molecular flexibility index (Phi) is 10.4. The summed E-state index contributed by atoms with van der Waals surface area (Å²) in [4.78, 5) is 29.7. The fourth-order valence-electron chi connectivity index (χ4n) is 5.00. The van der Waals surface area contributed by atoms with Crippen molar-refractivity contribution in [2.24, 2.45) is 5.92 Å². The number of nitrogens with one attached hydrogen (secondary N) is 1. The van der Waals surface area contributed by atoms with Crippen molar-refractivity contribution in [1.29, 1.82) is 0 Å². The predicted molar refractivity (Wildman–Crippen MR) is 157 cm³/mol. The van der Waals surface area contributed by atoms with Crippen LogP contribution in [-0.4, -0.2) is 80.6 Å². The monoisotopic (exact) mass is 563 g/mol. The molecule has 1 aromatic heterocycles. The first-order chi connectivity index (χ1) is 19.7. The van der Waals surface area contributed by atoms with Crippen LogP contribution in [0.25, 0.3) is 0 Å². The van der Waals surface area contributed by atoms with E-state index in [1.165, 1.54) is 0 Å². The number of nitrogens with two attached hydrogens (primary N) is 1. The first-order valence-electron chi connectivity index (χ1n) is 14.1. The van der Waals surface area contributed by atoms with Crippen molar-refractivity contribution in [3.63, 3.8) is 0 Å². The number of carbonyl (C=O) groups excluding carboxylic acids is 2. The minimum Gasteiger partial charge on any atom is -0.397 e. The van der Waals surface area contributed by atoms with E-state index >= 15 is 0 Å². The van der Waals surface area contributed by atoms with Crippen molar-refractivity contribution in [1.82, 2.24) is 24.8 Å². The number of ether oxygens (including phenoxy) is 1. The lowest BCUT2D eigenvalue weighted by molar-refractivity contribution is -0.136. The number of amides is 2. The van der Waals surface area contributed by atoms with E-state index in [0.29, 0.717) is 62.6 Å². The zero-order chi connectivity index (χ0) is 29.4. The Balaban J connectivity index is 1.42. The summed E-state index contributed by atoms with van der Waals surface area (Å²) >= 11 is 0. The Morgan fingerprint density at radius 1 is 1.24 bits per heavy atom. The van der Waals surface area contributed by atoms with Gasteiger partial charge in [0.25, 0.3) is 5.91 Å². The fourth-order valence-corrected chi connectivity index (χ4v) is 5.00. The molecule has 220 valence electrons. The molecule has 0 bridgehead atoms. The molecule has 1 aliphatic heterocycles. The quantitative estimate of drug-likeness (QED) is 0.356. The van der Waals surface area contributed by atoms with Gasteiger partial charge in [-0.3, -0.25) is 14.5 Å². The van der Waals surface area contributed by atoms with Crippen LogP contribution in [0.1, 0.15) is 48.3 Å². The Morgan fingerprint density at radius 3 is 2.73 bits per heavy atom. The summed E-state index contributed by atoms with van der Waals surface area (Å²) in [5.41, 5.74) is 9.52. The zero-order valence-corrected chi connectivity index (χ0v) is 24.1. The Bertz CT molecular complexity index is 1300. The van der Waals surface area contributed by atoms with E-state index in [0.717, 1.165) is 11.3 Å². The van der Waals surface area contributed by atoms with Crippen LogP contribution in [-0.2, 0) is 29.2 Å². The normalized spacial score (nSPS) is 19.2. The molecule has 0 spiro atoms. The third kappa shape index (κ3) is 8.12. The van der Waals surface area contributed by atoms with Gasteiger partial charge in [0.05, 0.1) is 48.6 Å². The Labute approximate surface area is 241 Å². The van der Waals surface area contributed by atoms with E-state index in [1.807, 2.05) is 38.2 Å². The first-order valence-corrected chi connectivity index (χ1v) is 14.1. The summed E-state index contributed by atoms with van der Waals surface area (Å²) in [5, 5.41) is 20.9. The van der Waals surface area contributed by atoms with Crippen LogP contribution in [0.2, 0.25) is 0 Å². The molecule has 3 aromatic rings. The molecule has 0 radical (unpaired) electrons. The lowest BCUT2D eigenvalue weighted by atomic mass is 10.0. The summed E-state index contributed by atoms with van der Waals surface area (Å²) in [7, 11) is 2.02. The highest BCUT2D eigenvalue weighted by atomic mass is 16.5. The number of likely N-dealkylation sites (N-methyl/N-ethyl adjacent to an activating group) is 1. The summed E-state index contributed by atoms with van der Waals surface area (Å²) in [6, 6.07) is 14.4. The van der Waals surface area contributed by atoms with Crippen LogP contribution >= 0.6 is 0 Å². The van der Waals surface area contributed by atoms with Gasteiger partial charge in [-0.2, -0.15) is 0 Å². The topological polar surface area (TPSA) is 139 Å². The number of nitrogen functional groups attached to an aromatic ring is 1. The molecule has 41 heavy (non-hydrogen) atoms. The maximum atomic E-state index is 13.1. The summed E-state index contributed by atoms with van der Waals surface area (Å²) in [6.45, 7) is 6.57. The average molecular weight is 564 g/mol. The lowest BCUT2D eigenvalue weighted by Gasteiger charge is -2.35. The highest BCUT2D eigenvalue weighted by Crippen LogP contribution is 2.20. The highest BCUT2D eigenvalue weighted by Gasteiger charge is 2.28. The molecular weight excluding hydrogens is 522 g/mol. The summed E-state index contributed by atoms with van der Waals surface area (Å²) in [5.74, 6) is -0.189. The van der Waals surface area contributed by atoms with Crippen LogP contribution in [0.15, 0.2) is 54.7 Å². The molecule has 11 heteroatoms. The van der Waals surface area contributed by atoms with Crippen molar-refractivity contribution in [3.05, 3.63) is 71.5 Å². The summed E-state index contributed by atoms with van der Waals surface area (Å²) in [6.07, 6.45) is 2.55. The number of para-hydroxylation sites is 2. The second kappa shape index (κ2) is 14.2. The highest BCUT2D eigenvalue weighted by molar-refractivity contribution is 6.05. The molecule has 2 amide bonds. The van der Waals surface area contributed by atoms with Crippen LogP contribution < -0.4 is 11.1 Å². The minimum absolute atomic E-state index is 0.00986. The van der Waals surface area contributed by atoms with E-state index in [1.54, 1.807) is 40.0 Å². The van der Waals surface area contributed by atoms with Crippen molar-refractivity contribution in [2.45, 2.75) is 58.5 Å². The number of nitrogens with zero attached hydrogens (tertiary/aromatic N) is 5. The van der Waals surface area contributed by atoms with E-state index in [-0.39, 0.29) is 36.5 Å². The van der Waals surface area contributed by atoms with Gasteiger partial charge in [0.15, 0.2) is 0 Å². The molecule has 0 saturated heterocycles. The maximum Gasteiger partial charge on any atom is 0.255 e. The lowest BCUT2D eigenvalue weighted by Crippen LogP contribution is -2.47. The average Bonchev–Trinajstić information content (AvgIpc) is 3.41. The number of aliphatic hydroxyl groups excluding tert-OH is 1. The van der Waals surface area contributed by atoms with Crippen molar-refractivity contribution < 1.29 is 19.4 Å². The van der Waals surface area contributed by atoms with E-state index in [9.17, 15) is 14.7 Å². The molecule has 4 N–H and O–H groups in total. The van der Waals surface area contributed by atoms with Gasteiger partial charge < -0.3 is 25.8 Å². The SMILES string of the molecule is C[C@@H]1CN([C@@H](C)CO)C(=O)CCCn2nncc2CO[C@H]1CN(C)Cc1ccc(C(=O)Nc2ccccc2N)cc1. The van der Waals surface area contributed by atoms with Gasteiger partial charge in [0.1, 0.15) is 0 Å². The molecule has 0 fully saturated rings. The smallest absolute Gasteiger partial charge is 0.255 e. The number of carbonyl (C=O) groups is 2. The number of fused-ring (bicyclic) bond motifs is 1. The van der Waals surface area contributed by atoms with E-state index < -0.39 is 0 Å². The first kappa shape index (κ1) is 30.2. The van der Waals surface area contributed by atoms with Gasteiger partial charge in [-0.15, -0.1) is 5.10 Å². The molecule has 1 aliphatic rings. The van der Waals surface area contributed by atoms with E-state index in [2.05, 4.69) is 27.5 Å². The zero-order valence-electron chi connectivity index (χ0n) is 24.1. The molecular formula is C30H41N7O4. The Hall–Kier alpha value is -3.80. The molecule has 4 rings (SSSR count). The van der Waals surface area contributed by atoms with Gasteiger partial charge in [-0.1, -0.05) is 36.4 Å². The number of benzene rings is 2. The van der Waals surface area contributed by atoms with Gasteiger partial charge in [-0.05, 0) is 50.2 Å². The third-order valence-corrected chi connectivity index (χ3v) is 7.51. The second-order valence-corrected chi connectivity index (χ2v) is 10.9. The van der Waals surface area contributed by atoms with Gasteiger partial charge in [0.2, 0.25) is 5.91 Å². The third-order valence-electron chi connectivity index (χ3n) is 7.51. The number of anilines is 2. The van der Waals surface area contributed by atoms with Crippen LogP contribution in [0, 0.1) is 5.92 Å². The van der Waals surface area contributed by atoms with Crippen LogP contribution in [0.5, 0.6) is 0 Å². The minimum atomic E-state index is -0.276. The molecule has 2 heterocycles. The van der Waals surface area contributed by atoms with Crippen molar-refractivity contribution in [2.75, 3.05) is 37.8 Å². The Morgan fingerprint density at radius 2 is 2.00 bits per heavy atom. The standard InChI is InChI=1S/C30H41N7O4/c1-21-16-36(22(2)19-38)29(39)9-6-14-37-25(15-32-34-37)20-41-28(21)18-35(3)17-23-10-12-24(13-11-23)30(40)33-27-8-5-4-7-26(27)31/h4-5,7-8,10-13,15,21-22,28,38H,6,9,14,16-20,31H2,1-3H3,(H,33,40)/t21-,22+,28+/m1/s1. The second-order valence-electron chi connectivity index (χ2n) is 10.9. The van der Waals surface area contributed by atoms with Crippen molar-refractivity contribution >= 4 is 23.2 Å². The van der Waals surface area contributed by atoms with Gasteiger partial charge >= 0.3 is 0 Å². The molecule has 0 unspecified atom stereocenters. The molecule has 0 aliphatic carbocycles. The number of rotatable bonds is 8. The number of aryl methyl sites for hydroxylation is 1. The number of hydrogen-bond acceptors (Lipinski definition) is 8. The van der Waals surface area contributed by atoms with Gasteiger partial charge in [-0.25, -0.2) is 4.68 Å². The number of hydrogen-bond donors (Lipinski definition) is 3. The van der Waals surface area contributed by atoms with Crippen LogP contribution in [0.4, 0.5) is 11.4 Å². The maximum absolute atomic E-state index is 13.1. The number of aliphatic hydroxyl groups is 1. The van der Waals surface area contributed by atoms with E-state index in [4.69, 9.17) is 10.5 Å². The predicted octanol–water partition coefficient (Wildman–Crippen LogP) is 2.77. The van der Waals surface area contributed by atoms with Crippen molar-refractivity contribution in [3.8, 4) is 0 Å². The number of aromatic nitrogens is 3. The molecule has 2 aromatic carbocycles. The largest absolute Gasteiger partial charge is 0.397 e. The molecule has 0 saturated carbocycles. The fraction of sp³-hybridized carbons (Fsp3) is 0.467. The molecule has 11 nitrogen and oxygen atoms in total. The van der Waals surface area contributed by atoms with Crippen LogP contribution in [0.3, 0.4) is 0 Å².